The first-order valence-corrected chi connectivity index (χ1v) is 7.48. The number of nitro groups is 1. The van der Waals surface area contributed by atoms with Gasteiger partial charge in [0.15, 0.2) is 0 Å². The number of amides is 1. The molecule has 0 atom stereocenters. The highest BCUT2D eigenvalue weighted by Gasteiger charge is 2.26. The van der Waals surface area contributed by atoms with Gasteiger partial charge in [-0.25, -0.2) is 4.98 Å². The number of carbonyl (C=O) groups excluding carboxylic acids is 1. The van der Waals surface area contributed by atoms with Crippen LogP contribution in [0.15, 0.2) is 12.3 Å². The quantitative estimate of drug-likeness (QED) is 0.673. The zero-order valence-corrected chi connectivity index (χ0v) is 12.0. The highest BCUT2D eigenvalue weighted by atomic mass is 32.2. The molecule has 1 N–H and O–H groups in total. The normalized spacial score (nSPS) is 15.6. The molecule has 8 heteroatoms. The number of rotatable bonds is 3. The Morgan fingerprint density at radius 2 is 2.30 bits per heavy atom. The minimum absolute atomic E-state index is 0.0984. The van der Waals surface area contributed by atoms with Crippen LogP contribution in [0.2, 0.25) is 0 Å². The molecule has 1 aromatic heterocycles. The molecule has 0 radical (unpaired) electrons. The minimum Gasteiger partial charge on any atom is -0.373 e. The van der Waals surface area contributed by atoms with E-state index < -0.39 is 4.92 Å². The molecule has 108 valence electrons. The fourth-order valence-corrected chi connectivity index (χ4v) is 2.91. The Hall–Kier alpha value is -1.83. The van der Waals surface area contributed by atoms with Crippen molar-refractivity contribution < 1.29 is 9.72 Å². The Morgan fingerprint density at radius 1 is 1.50 bits per heavy atom. The summed E-state index contributed by atoms with van der Waals surface area (Å²) < 4.78 is 0. The summed E-state index contributed by atoms with van der Waals surface area (Å²) in [5.74, 6) is 2.04. The van der Waals surface area contributed by atoms with Crippen LogP contribution in [0.1, 0.15) is 16.8 Å². The van der Waals surface area contributed by atoms with Crippen molar-refractivity contribution in [1.29, 1.82) is 0 Å². The second-order valence-corrected chi connectivity index (χ2v) is 5.58. The van der Waals surface area contributed by atoms with Crippen molar-refractivity contribution >= 4 is 29.2 Å². The lowest BCUT2D eigenvalue weighted by molar-refractivity contribution is -0.385. The van der Waals surface area contributed by atoms with E-state index in [2.05, 4.69) is 10.3 Å². The molecular weight excluding hydrogens is 280 g/mol. The lowest BCUT2D eigenvalue weighted by Gasteiger charge is -2.20. The van der Waals surface area contributed by atoms with Gasteiger partial charge in [-0.3, -0.25) is 14.9 Å². The molecule has 0 aromatic carbocycles. The van der Waals surface area contributed by atoms with Crippen LogP contribution in [0.4, 0.5) is 11.5 Å². The topological polar surface area (TPSA) is 88.4 Å². The molecule has 1 aliphatic rings. The lowest BCUT2D eigenvalue weighted by atomic mass is 10.2. The number of aromatic nitrogens is 1. The lowest BCUT2D eigenvalue weighted by Crippen LogP contribution is -2.33. The zero-order valence-electron chi connectivity index (χ0n) is 11.2. The first-order valence-electron chi connectivity index (χ1n) is 6.32. The van der Waals surface area contributed by atoms with E-state index in [9.17, 15) is 14.9 Å². The summed E-state index contributed by atoms with van der Waals surface area (Å²) in [4.78, 5) is 28.6. The van der Waals surface area contributed by atoms with Gasteiger partial charge in [-0.2, -0.15) is 11.8 Å². The Labute approximate surface area is 120 Å². The van der Waals surface area contributed by atoms with E-state index >= 15 is 0 Å². The van der Waals surface area contributed by atoms with Gasteiger partial charge < -0.3 is 10.2 Å². The minimum atomic E-state index is -0.563. The van der Waals surface area contributed by atoms with Crippen molar-refractivity contribution in [1.82, 2.24) is 9.88 Å². The van der Waals surface area contributed by atoms with Gasteiger partial charge in [-0.05, 0) is 12.2 Å². The van der Waals surface area contributed by atoms with E-state index in [0.29, 0.717) is 18.9 Å². The summed E-state index contributed by atoms with van der Waals surface area (Å²) in [5.41, 5.74) is -0.146. The first-order chi connectivity index (χ1) is 9.63. The molecular formula is C12H16N4O3S. The average Bonchev–Trinajstić information content (AvgIpc) is 2.74. The smallest absolute Gasteiger partial charge is 0.300 e. The SMILES string of the molecule is CNc1cc(C(=O)N2CCCSCC2)c([N+](=O)[O-])cn1. The van der Waals surface area contributed by atoms with Gasteiger partial charge >= 0.3 is 0 Å². The van der Waals surface area contributed by atoms with Crippen molar-refractivity contribution in [2.75, 3.05) is 37.0 Å². The largest absolute Gasteiger partial charge is 0.373 e. The van der Waals surface area contributed by atoms with E-state index in [0.717, 1.165) is 24.1 Å². The number of hydrogen-bond donors (Lipinski definition) is 1. The highest BCUT2D eigenvalue weighted by Crippen LogP contribution is 2.23. The van der Waals surface area contributed by atoms with E-state index in [1.807, 2.05) is 0 Å². The third kappa shape index (κ3) is 3.19. The predicted octanol–water partition coefficient (Wildman–Crippen LogP) is 1.61. The van der Waals surface area contributed by atoms with Crippen LogP contribution >= 0.6 is 11.8 Å². The predicted molar refractivity (Wildman–Crippen MR) is 78.3 cm³/mol. The summed E-state index contributed by atoms with van der Waals surface area (Å²) in [6, 6.07) is 1.44. The molecule has 20 heavy (non-hydrogen) atoms. The summed E-state index contributed by atoms with van der Waals surface area (Å²) >= 11 is 1.80. The fourth-order valence-electron chi connectivity index (χ4n) is 2.02. The van der Waals surface area contributed by atoms with Crippen LogP contribution in [-0.2, 0) is 0 Å². The molecule has 1 amide bonds. The summed E-state index contributed by atoms with van der Waals surface area (Å²) in [6.45, 7) is 1.26. The molecule has 7 nitrogen and oxygen atoms in total. The van der Waals surface area contributed by atoms with E-state index in [1.165, 1.54) is 6.07 Å². The van der Waals surface area contributed by atoms with E-state index in [-0.39, 0.29) is 17.2 Å². The molecule has 0 spiro atoms. The van der Waals surface area contributed by atoms with Gasteiger partial charge in [0.1, 0.15) is 17.6 Å². The van der Waals surface area contributed by atoms with Crippen molar-refractivity contribution in [2.24, 2.45) is 0 Å². The number of thioether (sulfide) groups is 1. The van der Waals surface area contributed by atoms with Gasteiger partial charge in [0.05, 0.1) is 4.92 Å². The van der Waals surface area contributed by atoms with Crippen molar-refractivity contribution in [2.45, 2.75) is 6.42 Å². The third-order valence-corrected chi connectivity index (χ3v) is 4.12. The highest BCUT2D eigenvalue weighted by molar-refractivity contribution is 7.99. The Bertz CT molecular complexity index is 515. The average molecular weight is 296 g/mol. The van der Waals surface area contributed by atoms with Crippen LogP contribution < -0.4 is 5.32 Å². The molecule has 1 saturated heterocycles. The molecule has 0 unspecified atom stereocenters. The summed E-state index contributed by atoms with van der Waals surface area (Å²) in [5, 5.41) is 13.8. The monoisotopic (exact) mass is 296 g/mol. The maximum Gasteiger partial charge on any atom is 0.300 e. The standard InChI is InChI=1S/C12H16N4O3S/c1-13-11-7-9(10(8-14-11)16(18)19)12(17)15-3-2-5-20-6-4-15/h7-8H,2-6H2,1H3,(H,13,14). The molecule has 0 bridgehead atoms. The van der Waals surface area contributed by atoms with Crippen LogP contribution in [0.5, 0.6) is 0 Å². The number of hydrogen-bond acceptors (Lipinski definition) is 6. The number of nitrogens with zero attached hydrogens (tertiary/aromatic N) is 3. The zero-order chi connectivity index (χ0) is 14.5. The molecule has 1 aliphatic heterocycles. The maximum atomic E-state index is 12.5. The van der Waals surface area contributed by atoms with E-state index in [4.69, 9.17) is 0 Å². The number of carbonyl (C=O) groups is 1. The molecule has 1 fully saturated rings. The number of nitrogens with one attached hydrogen (secondary N) is 1. The molecule has 0 saturated carbocycles. The molecule has 2 rings (SSSR count). The van der Waals surface area contributed by atoms with Crippen LogP contribution in [0.25, 0.3) is 0 Å². The summed E-state index contributed by atoms with van der Waals surface area (Å²) in [6.07, 6.45) is 2.04. The van der Waals surface area contributed by atoms with Gasteiger partial charge in [-0.1, -0.05) is 0 Å². The van der Waals surface area contributed by atoms with Crippen LogP contribution in [0, 0.1) is 10.1 Å². The first kappa shape index (κ1) is 14.6. The Morgan fingerprint density at radius 3 is 3.00 bits per heavy atom. The fraction of sp³-hybridized carbons (Fsp3) is 0.500. The molecule has 1 aromatic rings. The van der Waals surface area contributed by atoms with Crippen molar-refractivity contribution in [3.63, 3.8) is 0 Å². The van der Waals surface area contributed by atoms with Gasteiger partial charge in [0.2, 0.25) is 0 Å². The second kappa shape index (κ2) is 6.56. The number of anilines is 1. The van der Waals surface area contributed by atoms with E-state index in [1.54, 1.807) is 23.7 Å². The second-order valence-electron chi connectivity index (χ2n) is 4.35. The number of pyridine rings is 1. The Kier molecular flexibility index (Phi) is 4.78. The van der Waals surface area contributed by atoms with Crippen LogP contribution in [0.3, 0.4) is 0 Å². The maximum absolute atomic E-state index is 12.5. The van der Waals surface area contributed by atoms with Crippen molar-refractivity contribution in [3.8, 4) is 0 Å². The third-order valence-electron chi connectivity index (χ3n) is 3.08. The summed E-state index contributed by atoms with van der Waals surface area (Å²) in [7, 11) is 1.66. The van der Waals surface area contributed by atoms with Crippen molar-refractivity contribution in [3.05, 3.63) is 27.9 Å². The van der Waals surface area contributed by atoms with Gasteiger partial charge in [0.25, 0.3) is 11.6 Å². The van der Waals surface area contributed by atoms with Crippen LogP contribution in [-0.4, -0.2) is 52.4 Å². The molecule has 2 heterocycles. The van der Waals surface area contributed by atoms with Gasteiger partial charge in [-0.15, -0.1) is 0 Å². The Balaban J connectivity index is 2.33. The molecule has 0 aliphatic carbocycles. The van der Waals surface area contributed by atoms with Gasteiger partial charge in [0, 0.05) is 32.0 Å².